The van der Waals surface area contributed by atoms with Crippen LogP contribution in [0.1, 0.15) is 31.1 Å². The number of hydrogen-bond donors (Lipinski definition) is 1. The van der Waals surface area contributed by atoms with E-state index < -0.39 is 17.6 Å². The molecule has 136 valence electrons. The fourth-order valence-corrected chi connectivity index (χ4v) is 2.34. The molecule has 0 fully saturated rings. The third-order valence-corrected chi connectivity index (χ3v) is 3.55. The Morgan fingerprint density at radius 2 is 1.80 bits per heavy atom. The maximum Gasteiger partial charge on any atom is 0.492 e. The fourth-order valence-electron chi connectivity index (χ4n) is 2.34. The highest BCUT2D eigenvalue weighted by molar-refractivity contribution is 5.96. The number of benzene rings is 1. The lowest BCUT2D eigenvalue weighted by atomic mass is 9.95. The quantitative estimate of drug-likeness (QED) is 0.673. The number of halogens is 3. The molecule has 0 radical (unpaired) electrons. The highest BCUT2D eigenvalue weighted by atomic mass is 19.4. The van der Waals surface area contributed by atoms with Crippen LogP contribution in [0.15, 0.2) is 30.5 Å². The number of carbonyl (C=O) groups excluding carboxylic acids is 2. The number of carbonyl (C=O) groups is 2. The van der Waals surface area contributed by atoms with E-state index in [0.29, 0.717) is 0 Å². The zero-order chi connectivity index (χ0) is 18.8. The molecule has 2 rings (SSSR count). The van der Waals surface area contributed by atoms with Crippen LogP contribution in [0.5, 0.6) is 0 Å². The van der Waals surface area contributed by atoms with Gasteiger partial charge < -0.3 is 4.84 Å². The van der Waals surface area contributed by atoms with E-state index in [9.17, 15) is 22.8 Å². The molecule has 1 heterocycles. The molecule has 0 aliphatic rings. The van der Waals surface area contributed by atoms with Crippen molar-refractivity contribution in [1.82, 2.24) is 10.0 Å². The van der Waals surface area contributed by atoms with E-state index in [0.717, 1.165) is 16.5 Å². The molecule has 0 atom stereocenters. The summed E-state index contributed by atoms with van der Waals surface area (Å²) in [5.74, 6) is -2.38. The zero-order valence-electron chi connectivity index (χ0n) is 14.1. The first-order chi connectivity index (χ1) is 11.5. The van der Waals surface area contributed by atoms with Crippen molar-refractivity contribution in [1.29, 1.82) is 0 Å². The molecular formula is C17H19F3N2O3. The molecule has 1 aromatic carbocycles. The predicted octanol–water partition coefficient (Wildman–Crippen LogP) is 3.48. The van der Waals surface area contributed by atoms with Gasteiger partial charge in [-0.1, -0.05) is 39.0 Å². The number of rotatable bonds is 4. The van der Waals surface area contributed by atoms with Crippen LogP contribution in [0.25, 0.3) is 10.9 Å². The van der Waals surface area contributed by atoms with E-state index in [4.69, 9.17) is 0 Å². The number of nitrogens with zero attached hydrogens (tertiary/aromatic N) is 1. The van der Waals surface area contributed by atoms with Gasteiger partial charge in [0.05, 0.1) is 5.52 Å². The third-order valence-electron chi connectivity index (χ3n) is 3.55. The lowest BCUT2D eigenvalue weighted by Crippen LogP contribution is -2.32. The lowest BCUT2D eigenvalue weighted by Gasteiger charge is -2.17. The first kappa shape index (κ1) is 19.0. The molecule has 0 saturated heterocycles. The second-order valence-electron chi connectivity index (χ2n) is 6.63. The van der Waals surface area contributed by atoms with Gasteiger partial charge >= 0.3 is 12.1 Å². The van der Waals surface area contributed by atoms with Gasteiger partial charge in [0, 0.05) is 23.5 Å². The molecule has 0 unspecified atom stereocenters. The minimum Gasteiger partial charge on any atom is -0.364 e. The highest BCUT2D eigenvalue weighted by Gasteiger charge is 2.41. The maximum atomic E-state index is 12.6. The number of para-hydroxylation sites is 1. The third kappa shape index (κ3) is 4.39. The highest BCUT2D eigenvalue weighted by Crippen LogP contribution is 2.26. The summed E-state index contributed by atoms with van der Waals surface area (Å²) in [5, 5.41) is 0.823. The summed E-state index contributed by atoms with van der Waals surface area (Å²) in [5.41, 5.74) is 2.92. The molecule has 1 N–H and O–H groups in total. The van der Waals surface area contributed by atoms with Gasteiger partial charge in [-0.2, -0.15) is 18.7 Å². The Bertz CT molecular complexity index is 789. The molecule has 1 aromatic heterocycles. The van der Waals surface area contributed by atoms with Gasteiger partial charge in [0.25, 0.3) is 0 Å². The molecule has 8 heteroatoms. The normalized spacial score (nSPS) is 12.4. The molecule has 0 saturated carbocycles. The summed E-state index contributed by atoms with van der Waals surface area (Å²) in [6.45, 7) is 5.41. The molecule has 5 nitrogen and oxygen atoms in total. The summed E-state index contributed by atoms with van der Waals surface area (Å²) in [6, 6.07) is 7.26. The van der Waals surface area contributed by atoms with E-state index in [1.165, 1.54) is 0 Å². The van der Waals surface area contributed by atoms with Crippen molar-refractivity contribution in [2.45, 2.75) is 33.4 Å². The number of hydrogen-bond acceptors (Lipinski definition) is 4. The summed E-state index contributed by atoms with van der Waals surface area (Å²) in [6.07, 6.45) is -3.08. The molecule has 2 aromatic rings. The predicted molar refractivity (Wildman–Crippen MR) is 85.9 cm³/mol. The van der Waals surface area contributed by atoms with Gasteiger partial charge in [0.1, 0.15) is 0 Å². The van der Waals surface area contributed by atoms with E-state index in [1.54, 1.807) is 16.8 Å². The van der Waals surface area contributed by atoms with Crippen molar-refractivity contribution < 1.29 is 27.6 Å². The van der Waals surface area contributed by atoms with Crippen LogP contribution in [0.4, 0.5) is 13.2 Å². The summed E-state index contributed by atoms with van der Waals surface area (Å²) in [4.78, 5) is 27.2. The van der Waals surface area contributed by atoms with Crippen molar-refractivity contribution in [2.75, 3.05) is 6.54 Å². The van der Waals surface area contributed by atoms with Crippen molar-refractivity contribution in [3.05, 3.63) is 36.0 Å². The smallest absolute Gasteiger partial charge is 0.364 e. The first-order valence-corrected chi connectivity index (χ1v) is 7.66. The van der Waals surface area contributed by atoms with Crippen molar-refractivity contribution >= 4 is 22.8 Å². The Labute approximate surface area is 142 Å². The maximum absolute atomic E-state index is 12.6. The number of nitrogens with one attached hydrogen (secondary N) is 1. The van der Waals surface area contributed by atoms with Crippen LogP contribution >= 0.6 is 0 Å². The monoisotopic (exact) mass is 356 g/mol. The van der Waals surface area contributed by atoms with Gasteiger partial charge in [-0.15, -0.1) is 0 Å². The fraction of sp³-hybridized carbons (Fsp3) is 0.412. The van der Waals surface area contributed by atoms with Crippen molar-refractivity contribution in [3.63, 3.8) is 0 Å². The minimum atomic E-state index is -5.04. The van der Waals surface area contributed by atoms with Crippen LogP contribution in [0.3, 0.4) is 0 Å². The second kappa shape index (κ2) is 6.87. The Balaban J connectivity index is 2.14. The largest absolute Gasteiger partial charge is 0.492 e. The molecule has 25 heavy (non-hydrogen) atoms. The van der Waals surface area contributed by atoms with E-state index in [1.807, 2.05) is 44.5 Å². The van der Waals surface area contributed by atoms with Gasteiger partial charge in [-0.25, -0.2) is 4.79 Å². The summed E-state index contributed by atoms with van der Waals surface area (Å²) < 4.78 is 37.7. The Morgan fingerprint density at radius 1 is 1.16 bits per heavy atom. The molecule has 0 aliphatic heterocycles. The Morgan fingerprint density at radius 3 is 2.40 bits per heavy atom. The number of hydroxylamine groups is 1. The SMILES string of the molecule is CC(C)(C)C(=O)n1cc(CCNOC(=O)C(F)(F)F)c2ccccc21. The van der Waals surface area contributed by atoms with Gasteiger partial charge in [-0.3, -0.25) is 9.36 Å². The molecule has 0 spiro atoms. The number of alkyl halides is 3. The number of aromatic nitrogens is 1. The Hall–Kier alpha value is -2.35. The minimum absolute atomic E-state index is 0.0143. The molecule has 0 aliphatic carbocycles. The van der Waals surface area contributed by atoms with E-state index in [2.05, 4.69) is 4.84 Å². The van der Waals surface area contributed by atoms with Crippen LogP contribution in [-0.2, 0) is 16.1 Å². The molecule has 0 bridgehead atoms. The summed E-state index contributed by atoms with van der Waals surface area (Å²) in [7, 11) is 0. The average molecular weight is 356 g/mol. The number of fused-ring (bicyclic) bond motifs is 1. The standard InChI is InChI=1S/C17H19F3N2O3/c1-16(2,3)14(23)22-10-11(12-6-4-5-7-13(12)22)8-9-21-25-15(24)17(18,19)20/h4-7,10,21H,8-9H2,1-3H3. The topological polar surface area (TPSA) is 60.3 Å². The van der Waals surface area contributed by atoms with Crippen LogP contribution in [0, 0.1) is 5.41 Å². The van der Waals surface area contributed by atoms with Gasteiger partial charge in [0.15, 0.2) is 0 Å². The van der Waals surface area contributed by atoms with E-state index in [-0.39, 0.29) is 18.9 Å². The second-order valence-corrected chi connectivity index (χ2v) is 6.63. The first-order valence-electron chi connectivity index (χ1n) is 7.66. The van der Waals surface area contributed by atoms with Gasteiger partial charge in [-0.05, 0) is 18.1 Å². The molecule has 0 amide bonds. The zero-order valence-corrected chi connectivity index (χ0v) is 14.1. The van der Waals surface area contributed by atoms with Crippen LogP contribution in [0.2, 0.25) is 0 Å². The average Bonchev–Trinajstić information content (AvgIpc) is 2.87. The lowest BCUT2D eigenvalue weighted by molar-refractivity contribution is -0.206. The van der Waals surface area contributed by atoms with Crippen molar-refractivity contribution in [3.8, 4) is 0 Å². The van der Waals surface area contributed by atoms with Gasteiger partial charge in [0.2, 0.25) is 5.91 Å². The van der Waals surface area contributed by atoms with Crippen molar-refractivity contribution in [2.24, 2.45) is 5.41 Å². The van der Waals surface area contributed by atoms with E-state index >= 15 is 0 Å². The van der Waals surface area contributed by atoms with Crippen LogP contribution < -0.4 is 5.48 Å². The Kier molecular flexibility index (Phi) is 5.22. The van der Waals surface area contributed by atoms with Crippen LogP contribution in [-0.4, -0.2) is 29.2 Å². The molecular weight excluding hydrogens is 337 g/mol. The summed E-state index contributed by atoms with van der Waals surface area (Å²) >= 11 is 0.